The maximum absolute atomic E-state index is 13.2. The van der Waals surface area contributed by atoms with Crippen molar-refractivity contribution in [2.45, 2.75) is 18.7 Å². The zero-order valence-corrected chi connectivity index (χ0v) is 22.1. The van der Waals surface area contributed by atoms with Crippen molar-refractivity contribution in [2.24, 2.45) is 0 Å². The maximum Gasteiger partial charge on any atom is 0.338 e. The standard InChI is InChI=1S/C26H28FN3O5S.ClH/c1-3-30(4-2)17-18-35-26(32)19-9-13-21(14-10-19)28-25(31)23-7-5-6-8-24(23)29-36(33,34)22-15-11-20(27)12-16-22;/h5-16,29H,3-4,17-18H2,1-2H3,(H,28,31);1H. The van der Waals surface area contributed by atoms with Crippen molar-refractivity contribution in [3.8, 4) is 0 Å². The Labute approximate surface area is 222 Å². The monoisotopic (exact) mass is 549 g/mol. The molecule has 0 unspecified atom stereocenters. The highest BCUT2D eigenvalue weighted by Gasteiger charge is 2.19. The number of likely N-dealkylation sites (N-methyl/N-ethyl adjacent to an activating group) is 1. The second kappa shape index (κ2) is 13.7. The number of benzene rings is 3. The number of sulfonamides is 1. The van der Waals surface area contributed by atoms with Crippen molar-refractivity contribution in [1.82, 2.24) is 4.90 Å². The average Bonchev–Trinajstić information content (AvgIpc) is 2.87. The van der Waals surface area contributed by atoms with Crippen LogP contribution in [0.5, 0.6) is 0 Å². The number of amides is 1. The molecule has 2 N–H and O–H groups in total. The second-order valence-electron chi connectivity index (χ2n) is 7.80. The lowest BCUT2D eigenvalue weighted by molar-refractivity contribution is 0.0466. The van der Waals surface area contributed by atoms with Crippen LogP contribution in [0.2, 0.25) is 0 Å². The Hall–Kier alpha value is -3.47. The largest absolute Gasteiger partial charge is 0.461 e. The molecule has 1 amide bonds. The summed E-state index contributed by atoms with van der Waals surface area (Å²) in [5.41, 5.74) is 0.909. The molecule has 0 aliphatic rings. The summed E-state index contributed by atoms with van der Waals surface area (Å²) in [6.07, 6.45) is 0. The van der Waals surface area contributed by atoms with Gasteiger partial charge < -0.3 is 15.0 Å². The van der Waals surface area contributed by atoms with Crippen molar-refractivity contribution in [2.75, 3.05) is 36.3 Å². The molecule has 3 rings (SSSR count). The van der Waals surface area contributed by atoms with Gasteiger partial charge in [-0.25, -0.2) is 17.6 Å². The second-order valence-corrected chi connectivity index (χ2v) is 9.48. The molecule has 0 aromatic heterocycles. The fourth-order valence-corrected chi connectivity index (χ4v) is 4.45. The van der Waals surface area contributed by atoms with Crippen LogP contribution in [-0.4, -0.2) is 51.4 Å². The first-order valence-electron chi connectivity index (χ1n) is 11.4. The van der Waals surface area contributed by atoms with Crippen LogP contribution >= 0.6 is 12.4 Å². The number of nitrogens with zero attached hydrogens (tertiary/aromatic N) is 1. The molecular formula is C26H29ClFN3O5S. The lowest BCUT2D eigenvalue weighted by atomic mass is 10.1. The molecule has 0 saturated heterocycles. The number of hydrogen-bond acceptors (Lipinski definition) is 6. The Morgan fingerprint density at radius 3 is 2.16 bits per heavy atom. The zero-order chi connectivity index (χ0) is 26.1. The minimum absolute atomic E-state index is 0. The molecule has 3 aromatic rings. The molecule has 8 nitrogen and oxygen atoms in total. The van der Waals surface area contributed by atoms with E-state index in [1.807, 2.05) is 13.8 Å². The lowest BCUT2D eigenvalue weighted by Gasteiger charge is -2.17. The fourth-order valence-electron chi connectivity index (χ4n) is 3.37. The third-order valence-electron chi connectivity index (χ3n) is 5.45. The number of hydrogen-bond donors (Lipinski definition) is 2. The smallest absolute Gasteiger partial charge is 0.338 e. The first kappa shape index (κ1) is 29.8. The maximum atomic E-state index is 13.2. The van der Waals surface area contributed by atoms with Gasteiger partial charge in [0.15, 0.2) is 0 Å². The van der Waals surface area contributed by atoms with Crippen LogP contribution in [0, 0.1) is 5.82 Å². The van der Waals surface area contributed by atoms with Crippen LogP contribution in [0.3, 0.4) is 0 Å². The van der Waals surface area contributed by atoms with E-state index >= 15 is 0 Å². The molecule has 0 atom stereocenters. The summed E-state index contributed by atoms with van der Waals surface area (Å²) in [6, 6.07) is 16.7. The molecule has 0 bridgehead atoms. The highest BCUT2D eigenvalue weighted by atomic mass is 35.5. The summed E-state index contributed by atoms with van der Waals surface area (Å²) in [6.45, 7) is 6.76. The summed E-state index contributed by atoms with van der Waals surface area (Å²) in [5, 5.41) is 2.69. The Balaban J connectivity index is 0.00000481. The van der Waals surface area contributed by atoms with Crippen LogP contribution in [-0.2, 0) is 14.8 Å². The summed E-state index contributed by atoms with van der Waals surface area (Å²) in [7, 11) is -4.04. The number of nitrogens with one attached hydrogen (secondary N) is 2. The molecule has 0 aliphatic heterocycles. The van der Waals surface area contributed by atoms with Gasteiger partial charge in [-0.15, -0.1) is 12.4 Å². The van der Waals surface area contributed by atoms with Crippen LogP contribution in [0.4, 0.5) is 15.8 Å². The van der Waals surface area contributed by atoms with E-state index in [0.29, 0.717) is 17.8 Å². The number of carbonyl (C=O) groups is 2. The predicted molar refractivity (Wildman–Crippen MR) is 143 cm³/mol. The zero-order valence-electron chi connectivity index (χ0n) is 20.4. The van der Waals surface area contributed by atoms with E-state index < -0.39 is 27.7 Å². The molecule has 3 aromatic carbocycles. The quantitative estimate of drug-likeness (QED) is 0.333. The van der Waals surface area contributed by atoms with Gasteiger partial charge >= 0.3 is 5.97 Å². The van der Waals surface area contributed by atoms with Gasteiger partial charge in [-0.2, -0.15) is 0 Å². The van der Waals surface area contributed by atoms with Crippen LogP contribution in [0.25, 0.3) is 0 Å². The van der Waals surface area contributed by atoms with E-state index in [1.165, 1.54) is 12.1 Å². The van der Waals surface area contributed by atoms with Gasteiger partial charge in [0.25, 0.3) is 15.9 Å². The van der Waals surface area contributed by atoms with Crippen molar-refractivity contribution in [3.63, 3.8) is 0 Å². The Morgan fingerprint density at radius 2 is 1.54 bits per heavy atom. The summed E-state index contributed by atoms with van der Waals surface area (Å²) < 4.78 is 46.2. The first-order chi connectivity index (χ1) is 17.2. The van der Waals surface area contributed by atoms with Gasteiger partial charge in [-0.3, -0.25) is 9.52 Å². The molecule has 198 valence electrons. The van der Waals surface area contributed by atoms with E-state index in [0.717, 1.165) is 37.4 Å². The SMILES string of the molecule is CCN(CC)CCOC(=O)c1ccc(NC(=O)c2ccccc2NS(=O)(=O)c2ccc(F)cc2)cc1.Cl. The van der Waals surface area contributed by atoms with Gasteiger partial charge in [0.05, 0.1) is 21.7 Å². The third kappa shape index (κ3) is 8.28. The number of carbonyl (C=O) groups excluding carboxylic acids is 2. The first-order valence-corrected chi connectivity index (χ1v) is 12.9. The van der Waals surface area contributed by atoms with Crippen molar-refractivity contribution in [1.29, 1.82) is 0 Å². The lowest BCUT2D eigenvalue weighted by Crippen LogP contribution is -2.27. The van der Waals surface area contributed by atoms with Gasteiger partial charge in [0, 0.05) is 12.2 Å². The minimum atomic E-state index is -4.04. The fraction of sp³-hybridized carbons (Fsp3) is 0.231. The van der Waals surface area contributed by atoms with Gasteiger partial charge in [-0.1, -0.05) is 26.0 Å². The number of ether oxygens (including phenoxy) is 1. The van der Waals surface area contributed by atoms with Crippen LogP contribution in [0.1, 0.15) is 34.6 Å². The Morgan fingerprint density at radius 1 is 0.919 bits per heavy atom. The van der Waals surface area contributed by atoms with Gasteiger partial charge in [-0.05, 0) is 73.8 Å². The molecule has 0 heterocycles. The van der Waals surface area contributed by atoms with E-state index in [4.69, 9.17) is 4.74 Å². The highest BCUT2D eigenvalue weighted by molar-refractivity contribution is 7.92. The number of para-hydroxylation sites is 1. The van der Waals surface area contributed by atoms with Crippen LogP contribution in [0.15, 0.2) is 77.7 Å². The molecule has 0 aliphatic carbocycles. The number of rotatable bonds is 11. The minimum Gasteiger partial charge on any atom is -0.461 e. The van der Waals surface area contributed by atoms with Crippen LogP contribution < -0.4 is 10.0 Å². The molecule has 0 saturated carbocycles. The number of halogens is 2. The average molecular weight is 550 g/mol. The summed E-state index contributed by atoms with van der Waals surface area (Å²) >= 11 is 0. The van der Waals surface area contributed by atoms with E-state index in [2.05, 4.69) is 14.9 Å². The van der Waals surface area contributed by atoms with Crippen molar-refractivity contribution in [3.05, 3.63) is 89.7 Å². The highest BCUT2D eigenvalue weighted by Crippen LogP contribution is 2.22. The molecule has 0 radical (unpaired) electrons. The number of anilines is 2. The molecule has 37 heavy (non-hydrogen) atoms. The third-order valence-corrected chi connectivity index (χ3v) is 6.83. The molecule has 0 spiro atoms. The van der Waals surface area contributed by atoms with Gasteiger partial charge in [0.2, 0.25) is 0 Å². The summed E-state index contributed by atoms with van der Waals surface area (Å²) in [5.74, 6) is -1.57. The number of esters is 1. The van der Waals surface area contributed by atoms with E-state index in [1.54, 1.807) is 36.4 Å². The van der Waals surface area contributed by atoms with Crippen molar-refractivity contribution < 1.29 is 27.1 Å². The molecular weight excluding hydrogens is 521 g/mol. The molecule has 0 fully saturated rings. The van der Waals surface area contributed by atoms with Gasteiger partial charge in [0.1, 0.15) is 12.4 Å². The Kier molecular flexibility index (Phi) is 11.0. The van der Waals surface area contributed by atoms with E-state index in [-0.39, 0.29) is 35.2 Å². The normalized spacial score (nSPS) is 10.9. The topological polar surface area (TPSA) is 105 Å². The summed E-state index contributed by atoms with van der Waals surface area (Å²) in [4.78, 5) is 27.2. The van der Waals surface area contributed by atoms with E-state index in [9.17, 15) is 22.4 Å². The predicted octanol–water partition coefficient (Wildman–Crippen LogP) is 4.80. The Bertz CT molecular complexity index is 1300. The van der Waals surface area contributed by atoms with Crippen molar-refractivity contribution >= 4 is 45.7 Å². The molecule has 11 heteroatoms.